The van der Waals surface area contributed by atoms with Crippen molar-refractivity contribution in [1.82, 2.24) is 9.88 Å². The van der Waals surface area contributed by atoms with Gasteiger partial charge < -0.3 is 15.1 Å². The van der Waals surface area contributed by atoms with Gasteiger partial charge in [-0.2, -0.15) is 0 Å². The summed E-state index contributed by atoms with van der Waals surface area (Å²) in [6.07, 6.45) is 2.77. The number of nitrogens with zero attached hydrogens (tertiary/aromatic N) is 3. The fraction of sp³-hybridized carbons (Fsp3) is 0.600. The van der Waals surface area contributed by atoms with E-state index in [9.17, 15) is 4.79 Å². The summed E-state index contributed by atoms with van der Waals surface area (Å²) >= 11 is 0. The van der Waals surface area contributed by atoms with Crippen molar-refractivity contribution in [3.8, 4) is 0 Å². The molecule has 1 N–H and O–H groups in total. The van der Waals surface area contributed by atoms with Crippen LogP contribution in [0.3, 0.4) is 0 Å². The van der Waals surface area contributed by atoms with Gasteiger partial charge in [-0.1, -0.05) is 13.0 Å². The third-order valence-electron chi connectivity index (χ3n) is 3.92. The molecule has 1 saturated heterocycles. The number of amides is 1. The normalized spacial score (nSPS) is 16.9. The van der Waals surface area contributed by atoms with Crippen LogP contribution in [0.2, 0.25) is 0 Å². The Bertz CT molecular complexity index is 455. The molecule has 0 bridgehead atoms. The first-order valence-electron chi connectivity index (χ1n) is 7.28. The van der Waals surface area contributed by atoms with Crippen LogP contribution in [0.15, 0.2) is 18.2 Å². The van der Waals surface area contributed by atoms with Crippen molar-refractivity contribution in [1.29, 1.82) is 0 Å². The molecule has 0 atom stereocenters. The van der Waals surface area contributed by atoms with Gasteiger partial charge in [0.15, 0.2) is 0 Å². The number of carbonyl (C=O) groups excluding carboxylic acids is 1. The lowest BCUT2D eigenvalue weighted by atomic mass is 10.0. The Morgan fingerprint density at radius 2 is 2.15 bits per heavy atom. The predicted molar refractivity (Wildman–Crippen MR) is 82.1 cm³/mol. The molecule has 0 unspecified atom stereocenters. The van der Waals surface area contributed by atoms with Crippen LogP contribution in [0.1, 0.15) is 26.2 Å². The monoisotopic (exact) mass is 276 g/mol. The average molecular weight is 276 g/mol. The highest BCUT2D eigenvalue weighted by molar-refractivity contribution is 5.89. The molecule has 0 saturated carbocycles. The Kier molecular flexibility index (Phi) is 4.95. The van der Waals surface area contributed by atoms with Crippen molar-refractivity contribution >= 4 is 17.5 Å². The maximum Gasteiger partial charge on any atom is 0.225 e. The van der Waals surface area contributed by atoms with Crippen molar-refractivity contribution in [2.24, 2.45) is 0 Å². The third kappa shape index (κ3) is 3.70. The molecule has 0 aromatic carbocycles. The summed E-state index contributed by atoms with van der Waals surface area (Å²) in [5, 5.41) is 2.81. The molecule has 20 heavy (non-hydrogen) atoms. The second-order valence-corrected chi connectivity index (χ2v) is 5.43. The predicted octanol–water partition coefficient (Wildman–Crippen LogP) is 1.96. The molecule has 2 heterocycles. The highest BCUT2D eigenvalue weighted by Crippen LogP contribution is 2.21. The SMILES string of the molecule is CCC(=O)Nc1cccc(N(C)C2CCN(C)CC2)n1. The lowest BCUT2D eigenvalue weighted by Gasteiger charge is -2.35. The van der Waals surface area contributed by atoms with Gasteiger partial charge in [0, 0.05) is 19.5 Å². The fourth-order valence-corrected chi connectivity index (χ4v) is 2.49. The summed E-state index contributed by atoms with van der Waals surface area (Å²) in [5.41, 5.74) is 0. The van der Waals surface area contributed by atoms with Crippen LogP contribution in [-0.2, 0) is 4.79 Å². The smallest absolute Gasteiger partial charge is 0.225 e. The fourth-order valence-electron chi connectivity index (χ4n) is 2.49. The Hall–Kier alpha value is -1.62. The van der Waals surface area contributed by atoms with Gasteiger partial charge in [-0.15, -0.1) is 0 Å². The van der Waals surface area contributed by atoms with E-state index in [0.717, 1.165) is 31.7 Å². The molecule has 1 fully saturated rings. The lowest BCUT2D eigenvalue weighted by molar-refractivity contribution is -0.115. The quantitative estimate of drug-likeness (QED) is 0.913. The molecule has 5 nitrogen and oxygen atoms in total. The molecular weight excluding hydrogens is 252 g/mol. The van der Waals surface area contributed by atoms with Gasteiger partial charge in [0.2, 0.25) is 5.91 Å². The Balaban J connectivity index is 2.04. The van der Waals surface area contributed by atoms with Gasteiger partial charge in [0.1, 0.15) is 11.6 Å². The van der Waals surface area contributed by atoms with Crippen molar-refractivity contribution in [3.05, 3.63) is 18.2 Å². The van der Waals surface area contributed by atoms with Crippen molar-refractivity contribution in [2.75, 3.05) is 37.4 Å². The minimum absolute atomic E-state index is 0.00315. The summed E-state index contributed by atoms with van der Waals surface area (Å²) in [7, 11) is 4.25. The lowest BCUT2D eigenvalue weighted by Crippen LogP contribution is -2.42. The summed E-state index contributed by atoms with van der Waals surface area (Å²) in [6.45, 7) is 4.09. The molecule has 1 aliphatic rings. The van der Waals surface area contributed by atoms with Gasteiger partial charge in [0.25, 0.3) is 0 Å². The Morgan fingerprint density at radius 3 is 2.80 bits per heavy atom. The van der Waals surface area contributed by atoms with Crippen LogP contribution in [-0.4, -0.2) is 49.0 Å². The molecular formula is C15H24N4O. The number of pyridine rings is 1. The van der Waals surface area contributed by atoms with E-state index in [1.807, 2.05) is 25.1 Å². The molecule has 1 amide bonds. The van der Waals surface area contributed by atoms with E-state index in [2.05, 4.69) is 34.2 Å². The topological polar surface area (TPSA) is 48.5 Å². The second-order valence-electron chi connectivity index (χ2n) is 5.43. The number of likely N-dealkylation sites (tertiary alicyclic amines) is 1. The van der Waals surface area contributed by atoms with Crippen molar-refractivity contribution < 1.29 is 4.79 Å². The number of hydrogen-bond donors (Lipinski definition) is 1. The minimum Gasteiger partial charge on any atom is -0.357 e. The van der Waals surface area contributed by atoms with Gasteiger partial charge in [-0.25, -0.2) is 4.98 Å². The zero-order valence-corrected chi connectivity index (χ0v) is 12.6. The van der Waals surface area contributed by atoms with Gasteiger partial charge >= 0.3 is 0 Å². The van der Waals surface area contributed by atoms with Crippen LogP contribution in [0.4, 0.5) is 11.6 Å². The molecule has 5 heteroatoms. The van der Waals surface area contributed by atoms with E-state index < -0.39 is 0 Å². The van der Waals surface area contributed by atoms with Crippen molar-refractivity contribution in [3.63, 3.8) is 0 Å². The summed E-state index contributed by atoms with van der Waals surface area (Å²) in [4.78, 5) is 20.6. The van der Waals surface area contributed by atoms with Crippen LogP contribution in [0, 0.1) is 0 Å². The average Bonchev–Trinajstić information content (AvgIpc) is 2.47. The first-order chi connectivity index (χ1) is 9.60. The van der Waals surface area contributed by atoms with E-state index in [-0.39, 0.29) is 5.91 Å². The Labute approximate surface area is 121 Å². The van der Waals surface area contributed by atoms with E-state index >= 15 is 0 Å². The van der Waals surface area contributed by atoms with Gasteiger partial charge in [-0.3, -0.25) is 4.79 Å². The van der Waals surface area contributed by atoms with E-state index in [1.165, 1.54) is 0 Å². The van der Waals surface area contributed by atoms with Crippen LogP contribution in [0.5, 0.6) is 0 Å². The van der Waals surface area contributed by atoms with Crippen LogP contribution >= 0.6 is 0 Å². The number of nitrogens with one attached hydrogen (secondary N) is 1. The molecule has 0 aliphatic carbocycles. The number of aromatic nitrogens is 1. The van der Waals surface area contributed by atoms with Gasteiger partial charge in [0.05, 0.1) is 0 Å². The maximum atomic E-state index is 11.4. The van der Waals surface area contributed by atoms with Gasteiger partial charge in [-0.05, 0) is 45.1 Å². The summed E-state index contributed by atoms with van der Waals surface area (Å²) in [6, 6.07) is 6.30. The first kappa shape index (κ1) is 14.8. The summed E-state index contributed by atoms with van der Waals surface area (Å²) in [5.74, 6) is 1.55. The molecule has 1 aromatic rings. The second kappa shape index (κ2) is 6.70. The number of rotatable bonds is 4. The zero-order chi connectivity index (χ0) is 14.5. The van der Waals surface area contributed by atoms with E-state index in [4.69, 9.17) is 0 Å². The van der Waals surface area contributed by atoms with E-state index in [1.54, 1.807) is 0 Å². The molecule has 110 valence electrons. The number of piperidine rings is 1. The number of carbonyl (C=O) groups is 1. The molecule has 2 rings (SSSR count). The molecule has 1 aromatic heterocycles. The Morgan fingerprint density at radius 1 is 1.45 bits per heavy atom. The summed E-state index contributed by atoms with van der Waals surface area (Å²) < 4.78 is 0. The largest absolute Gasteiger partial charge is 0.357 e. The molecule has 1 aliphatic heterocycles. The zero-order valence-electron chi connectivity index (χ0n) is 12.6. The minimum atomic E-state index is -0.00315. The molecule has 0 radical (unpaired) electrons. The maximum absolute atomic E-state index is 11.4. The highest BCUT2D eigenvalue weighted by Gasteiger charge is 2.21. The van der Waals surface area contributed by atoms with Crippen LogP contribution < -0.4 is 10.2 Å². The first-order valence-corrected chi connectivity index (χ1v) is 7.28. The third-order valence-corrected chi connectivity index (χ3v) is 3.92. The standard InChI is InChI=1S/C15H24N4O/c1-4-15(20)17-13-6-5-7-14(16-13)19(3)12-8-10-18(2)11-9-12/h5-7,12H,4,8-11H2,1-3H3,(H,16,17,20). The number of anilines is 2. The number of hydrogen-bond acceptors (Lipinski definition) is 4. The van der Waals surface area contributed by atoms with E-state index in [0.29, 0.717) is 18.3 Å². The molecule has 0 spiro atoms. The highest BCUT2D eigenvalue weighted by atomic mass is 16.1. The van der Waals surface area contributed by atoms with Crippen molar-refractivity contribution in [2.45, 2.75) is 32.2 Å². The van der Waals surface area contributed by atoms with Crippen LogP contribution in [0.25, 0.3) is 0 Å².